The monoisotopic (exact) mass is 282 g/mol. The summed E-state index contributed by atoms with van der Waals surface area (Å²) in [4.78, 5) is 0. The van der Waals surface area contributed by atoms with Crippen LogP contribution in [-0.4, -0.2) is 28.1 Å². The molecule has 1 saturated heterocycles. The molecule has 0 aromatic carbocycles. The van der Waals surface area contributed by atoms with Crippen molar-refractivity contribution in [2.45, 2.75) is 44.4 Å². The summed E-state index contributed by atoms with van der Waals surface area (Å²) in [5, 5.41) is 0. The second-order valence-corrected chi connectivity index (χ2v) is 32.0. The van der Waals surface area contributed by atoms with Gasteiger partial charge in [0, 0.05) is 0 Å². The number of hydrogen-bond acceptors (Lipinski definition) is 1. The molecule has 4 heteroatoms. The Morgan fingerprint density at radius 2 is 1.47 bits per heavy atom. The van der Waals surface area contributed by atoms with Gasteiger partial charge in [-0.2, -0.15) is 0 Å². The molecule has 0 N–H and O–H groups in total. The average molecular weight is 283 g/mol. The third-order valence-corrected chi connectivity index (χ3v) is 42.9. The van der Waals surface area contributed by atoms with E-state index in [-0.39, 0.29) is 5.60 Å². The summed E-state index contributed by atoms with van der Waals surface area (Å²) in [5.41, 5.74) is 2.02. The first-order valence-electron chi connectivity index (χ1n) is 6.21. The van der Waals surface area contributed by atoms with Gasteiger partial charge in [0.1, 0.15) is 0 Å². The van der Waals surface area contributed by atoms with Crippen LogP contribution >= 0.6 is 0 Å². The van der Waals surface area contributed by atoms with Crippen LogP contribution in [0.15, 0.2) is 37.6 Å². The van der Waals surface area contributed by atoms with Gasteiger partial charge in [0.05, 0.1) is 20.3 Å². The van der Waals surface area contributed by atoms with Crippen molar-refractivity contribution in [1.29, 1.82) is 0 Å². The fraction of sp³-hybridized carbons (Fsp3) is 0.538. The Hall–Kier alpha value is -0.169. The Morgan fingerprint density at radius 1 is 1.00 bits per heavy atom. The maximum atomic E-state index is 6.53. The first kappa shape index (κ1) is 14.9. The SMILES string of the molecule is C=CC1(C=C)C[Si](C)(C)[Si](C)(C=C)[Si](C)(C)O1. The third-order valence-electron chi connectivity index (χ3n) is 4.92. The van der Waals surface area contributed by atoms with Gasteiger partial charge in [-0.3, -0.25) is 0 Å². The van der Waals surface area contributed by atoms with Crippen LogP contribution in [0.3, 0.4) is 0 Å². The molecule has 0 aliphatic carbocycles. The van der Waals surface area contributed by atoms with Crippen LogP contribution in [0.25, 0.3) is 0 Å². The van der Waals surface area contributed by atoms with E-state index in [1.807, 2.05) is 12.2 Å². The minimum absolute atomic E-state index is 0.277. The van der Waals surface area contributed by atoms with Gasteiger partial charge in [0.25, 0.3) is 0 Å². The van der Waals surface area contributed by atoms with Crippen molar-refractivity contribution in [2.75, 3.05) is 0 Å². The van der Waals surface area contributed by atoms with Gasteiger partial charge in [0.15, 0.2) is 7.83 Å². The molecule has 96 valence electrons. The lowest BCUT2D eigenvalue weighted by Gasteiger charge is -2.58. The van der Waals surface area contributed by atoms with Crippen LogP contribution in [0.4, 0.5) is 0 Å². The summed E-state index contributed by atoms with van der Waals surface area (Å²) < 4.78 is 6.53. The normalized spacial score (nSPS) is 33.7. The molecule has 1 heterocycles. The van der Waals surface area contributed by atoms with E-state index in [0.717, 1.165) is 6.04 Å². The summed E-state index contributed by atoms with van der Waals surface area (Å²) in [6.07, 6.45) is 3.92. The van der Waals surface area contributed by atoms with Crippen molar-refractivity contribution in [1.82, 2.24) is 0 Å². The van der Waals surface area contributed by atoms with Gasteiger partial charge in [-0.1, -0.05) is 45.0 Å². The van der Waals surface area contributed by atoms with Crippen LogP contribution in [0.1, 0.15) is 0 Å². The minimum atomic E-state index is -1.72. The lowest BCUT2D eigenvalue weighted by atomic mass is 10.1. The molecule has 1 rings (SSSR count). The molecule has 0 amide bonds. The summed E-state index contributed by atoms with van der Waals surface area (Å²) >= 11 is 0. The van der Waals surface area contributed by atoms with Crippen molar-refractivity contribution in [3.05, 3.63) is 37.6 Å². The van der Waals surface area contributed by atoms with E-state index in [1.54, 1.807) is 0 Å². The highest BCUT2D eigenvalue weighted by Gasteiger charge is 2.62. The van der Waals surface area contributed by atoms with Crippen LogP contribution < -0.4 is 0 Å². The van der Waals surface area contributed by atoms with E-state index in [2.05, 4.69) is 58.2 Å². The Morgan fingerprint density at radius 3 is 1.76 bits per heavy atom. The standard InChI is InChI=1S/C13H26OSi3/c1-9-13(10-2)12-15(4,5)17(8,11-3)16(6,7)14-13/h9-11H,1-3,12H2,4-8H3. The van der Waals surface area contributed by atoms with Crippen LogP contribution in [-0.2, 0) is 4.43 Å². The molecule has 0 bridgehead atoms. The molecule has 1 atom stereocenters. The molecule has 0 spiro atoms. The molecular formula is C13H26OSi3. The van der Waals surface area contributed by atoms with Crippen molar-refractivity contribution >= 4 is 22.5 Å². The van der Waals surface area contributed by atoms with Crippen LogP contribution in [0.2, 0.25) is 38.8 Å². The summed E-state index contributed by atoms with van der Waals surface area (Å²) in [6, 6.07) is 1.11. The predicted molar refractivity (Wildman–Crippen MR) is 85.8 cm³/mol. The van der Waals surface area contributed by atoms with Gasteiger partial charge >= 0.3 is 0 Å². The highest BCUT2D eigenvalue weighted by molar-refractivity contribution is 7.69. The van der Waals surface area contributed by atoms with Crippen LogP contribution in [0.5, 0.6) is 0 Å². The molecule has 1 unspecified atom stereocenters. The summed E-state index contributed by atoms with van der Waals surface area (Å²) in [5.74, 6) is 0. The van der Waals surface area contributed by atoms with E-state index < -0.39 is 22.5 Å². The first-order valence-corrected chi connectivity index (χ1v) is 16.9. The van der Waals surface area contributed by atoms with Crippen molar-refractivity contribution in [3.63, 3.8) is 0 Å². The quantitative estimate of drug-likeness (QED) is 0.561. The van der Waals surface area contributed by atoms with E-state index in [9.17, 15) is 0 Å². The molecule has 0 aromatic heterocycles. The molecule has 1 aliphatic rings. The molecule has 0 radical (unpaired) electrons. The van der Waals surface area contributed by atoms with Crippen molar-refractivity contribution < 1.29 is 4.43 Å². The fourth-order valence-electron chi connectivity index (χ4n) is 3.14. The Bertz CT molecular complexity index is 330. The smallest absolute Gasteiger partial charge is 0.177 e. The Kier molecular flexibility index (Phi) is 3.67. The topological polar surface area (TPSA) is 9.23 Å². The predicted octanol–water partition coefficient (Wildman–Crippen LogP) is 4.00. The number of rotatable bonds is 3. The zero-order valence-electron chi connectivity index (χ0n) is 12.0. The van der Waals surface area contributed by atoms with Crippen LogP contribution in [0, 0.1) is 0 Å². The molecule has 0 aromatic rings. The Balaban J connectivity index is 3.36. The third kappa shape index (κ3) is 2.01. The van der Waals surface area contributed by atoms with Gasteiger partial charge in [-0.25, -0.2) is 0 Å². The van der Waals surface area contributed by atoms with Crippen molar-refractivity contribution in [3.8, 4) is 0 Å². The maximum absolute atomic E-state index is 6.53. The zero-order valence-corrected chi connectivity index (χ0v) is 15.0. The van der Waals surface area contributed by atoms with Crippen molar-refractivity contribution in [2.24, 2.45) is 0 Å². The molecule has 1 fully saturated rings. The summed E-state index contributed by atoms with van der Waals surface area (Å²) in [7, 11) is -4.52. The van der Waals surface area contributed by atoms with E-state index in [1.165, 1.54) is 0 Å². The van der Waals surface area contributed by atoms with Gasteiger partial charge in [0.2, 0.25) is 0 Å². The zero-order chi connectivity index (χ0) is 13.5. The minimum Gasteiger partial charge on any atom is -0.408 e. The summed E-state index contributed by atoms with van der Waals surface area (Å²) in [6.45, 7) is 24.3. The maximum Gasteiger partial charge on any atom is 0.177 e. The molecule has 1 aliphatic heterocycles. The Labute approximate surface area is 109 Å². The molecule has 0 saturated carbocycles. The lowest BCUT2D eigenvalue weighted by molar-refractivity contribution is 0.186. The van der Waals surface area contributed by atoms with Gasteiger partial charge < -0.3 is 4.43 Å². The van der Waals surface area contributed by atoms with Gasteiger partial charge in [-0.15, -0.1) is 12.3 Å². The van der Waals surface area contributed by atoms with E-state index in [4.69, 9.17) is 4.43 Å². The van der Waals surface area contributed by atoms with E-state index >= 15 is 0 Å². The second-order valence-electron chi connectivity index (χ2n) is 6.44. The molecular weight excluding hydrogens is 256 g/mol. The second kappa shape index (κ2) is 4.19. The number of hydrogen-bond donors (Lipinski definition) is 0. The lowest BCUT2D eigenvalue weighted by Crippen LogP contribution is -2.78. The molecule has 17 heavy (non-hydrogen) atoms. The highest BCUT2D eigenvalue weighted by atomic mass is 29.6. The average Bonchev–Trinajstić information content (AvgIpc) is 2.24. The fourth-order valence-corrected chi connectivity index (χ4v) is 36.6. The first-order chi connectivity index (χ1) is 7.60. The van der Waals surface area contributed by atoms with Gasteiger partial charge in [-0.05, 0) is 19.1 Å². The largest absolute Gasteiger partial charge is 0.408 e. The van der Waals surface area contributed by atoms with E-state index in [0.29, 0.717) is 0 Å². The molecule has 1 nitrogen and oxygen atoms in total. The highest BCUT2D eigenvalue weighted by Crippen LogP contribution is 2.45.